The highest BCUT2D eigenvalue weighted by molar-refractivity contribution is 5.74. The van der Waals surface area contributed by atoms with Crippen LogP contribution in [0.2, 0.25) is 0 Å². The summed E-state index contributed by atoms with van der Waals surface area (Å²) >= 11 is 0. The summed E-state index contributed by atoms with van der Waals surface area (Å²) in [5.74, 6) is 0.486. The zero-order chi connectivity index (χ0) is 16.8. The van der Waals surface area contributed by atoms with Crippen LogP contribution in [0, 0.1) is 0 Å². The van der Waals surface area contributed by atoms with Gasteiger partial charge >= 0.3 is 0 Å². The fourth-order valence-corrected chi connectivity index (χ4v) is 2.62. The quantitative estimate of drug-likeness (QED) is 0.705. The van der Waals surface area contributed by atoms with E-state index in [9.17, 15) is 9.90 Å². The number of benzene rings is 3. The first-order chi connectivity index (χ1) is 11.7. The van der Waals surface area contributed by atoms with Gasteiger partial charge in [0, 0.05) is 5.56 Å². The summed E-state index contributed by atoms with van der Waals surface area (Å²) in [6.07, 6.45) is 0.549. The Morgan fingerprint density at radius 1 is 0.833 bits per heavy atom. The fourth-order valence-electron chi connectivity index (χ4n) is 2.62. The summed E-state index contributed by atoms with van der Waals surface area (Å²) < 4.78 is 5.87. The van der Waals surface area contributed by atoms with Crippen LogP contribution in [-0.4, -0.2) is 11.4 Å². The molecule has 0 aliphatic carbocycles. The minimum atomic E-state index is -1.74. The van der Waals surface area contributed by atoms with Gasteiger partial charge in [-0.1, -0.05) is 78.9 Å². The van der Waals surface area contributed by atoms with E-state index in [2.05, 4.69) is 0 Å². The van der Waals surface area contributed by atoms with Crippen LogP contribution in [0.15, 0.2) is 84.9 Å². The Balaban J connectivity index is 1.94. The van der Waals surface area contributed by atoms with Crippen LogP contribution in [0.4, 0.5) is 0 Å². The largest absolute Gasteiger partial charge is 0.488 e. The topological polar surface area (TPSA) is 46.5 Å². The monoisotopic (exact) mass is 318 g/mol. The number of carbonyl (C=O) groups is 1. The molecule has 1 unspecified atom stereocenters. The molecule has 24 heavy (non-hydrogen) atoms. The molecule has 0 aromatic heterocycles. The Hall–Kier alpha value is -2.91. The van der Waals surface area contributed by atoms with Crippen LogP contribution in [0.25, 0.3) is 0 Å². The summed E-state index contributed by atoms with van der Waals surface area (Å²) in [6.45, 7) is 0.363. The molecule has 3 rings (SSSR count). The van der Waals surface area contributed by atoms with E-state index in [-0.39, 0.29) is 0 Å². The highest BCUT2D eigenvalue weighted by Crippen LogP contribution is 2.34. The van der Waals surface area contributed by atoms with Crippen molar-refractivity contribution in [3.05, 3.63) is 102 Å². The minimum absolute atomic E-state index is 0.363. The average Bonchev–Trinajstić information content (AvgIpc) is 2.67. The molecule has 0 bridgehead atoms. The standard InChI is InChI=1S/C21H18O3/c22-16-21(23,18-11-5-2-6-12-18)19-13-7-8-14-20(19)24-15-17-9-3-1-4-10-17/h1-14,16,23H,15H2. The predicted molar refractivity (Wildman–Crippen MR) is 92.7 cm³/mol. The number of hydrogen-bond acceptors (Lipinski definition) is 3. The van der Waals surface area contributed by atoms with Crippen molar-refractivity contribution in [1.29, 1.82) is 0 Å². The lowest BCUT2D eigenvalue weighted by atomic mass is 9.87. The Kier molecular flexibility index (Phi) is 4.73. The molecule has 3 aromatic rings. The van der Waals surface area contributed by atoms with E-state index < -0.39 is 5.60 Å². The SMILES string of the molecule is O=CC(O)(c1ccccc1)c1ccccc1OCc1ccccc1. The molecule has 1 N–H and O–H groups in total. The van der Waals surface area contributed by atoms with Crippen LogP contribution in [-0.2, 0) is 17.0 Å². The van der Waals surface area contributed by atoms with E-state index in [1.165, 1.54) is 0 Å². The minimum Gasteiger partial charge on any atom is -0.488 e. The van der Waals surface area contributed by atoms with Crippen LogP contribution in [0.1, 0.15) is 16.7 Å². The molecule has 0 radical (unpaired) electrons. The van der Waals surface area contributed by atoms with Crippen LogP contribution in [0.3, 0.4) is 0 Å². The van der Waals surface area contributed by atoms with Crippen LogP contribution >= 0.6 is 0 Å². The van der Waals surface area contributed by atoms with Gasteiger partial charge in [-0.05, 0) is 17.2 Å². The molecule has 0 aliphatic rings. The molecular weight excluding hydrogens is 300 g/mol. The Morgan fingerprint density at radius 3 is 2.08 bits per heavy atom. The normalized spacial score (nSPS) is 13.0. The van der Waals surface area contributed by atoms with Gasteiger partial charge in [0.05, 0.1) is 0 Å². The lowest BCUT2D eigenvalue weighted by Gasteiger charge is -2.25. The van der Waals surface area contributed by atoms with E-state index in [1.807, 2.05) is 42.5 Å². The van der Waals surface area contributed by atoms with Gasteiger partial charge in [-0.3, -0.25) is 4.79 Å². The molecule has 0 saturated heterocycles. The second kappa shape index (κ2) is 7.11. The van der Waals surface area contributed by atoms with Gasteiger partial charge in [0.2, 0.25) is 0 Å². The highest BCUT2D eigenvalue weighted by atomic mass is 16.5. The number of rotatable bonds is 6. The molecule has 0 aliphatic heterocycles. The van der Waals surface area contributed by atoms with Crippen molar-refractivity contribution in [2.75, 3.05) is 0 Å². The van der Waals surface area contributed by atoms with E-state index in [1.54, 1.807) is 42.5 Å². The molecular formula is C21H18O3. The second-order valence-corrected chi connectivity index (χ2v) is 5.52. The lowest BCUT2D eigenvalue weighted by Crippen LogP contribution is -2.29. The van der Waals surface area contributed by atoms with Gasteiger partial charge in [-0.15, -0.1) is 0 Å². The van der Waals surface area contributed by atoms with Crippen molar-refractivity contribution in [1.82, 2.24) is 0 Å². The summed E-state index contributed by atoms with van der Waals surface area (Å²) in [6, 6.07) is 25.7. The van der Waals surface area contributed by atoms with Crippen molar-refractivity contribution in [3.63, 3.8) is 0 Å². The van der Waals surface area contributed by atoms with Crippen molar-refractivity contribution in [3.8, 4) is 5.75 Å². The molecule has 0 saturated carbocycles. The summed E-state index contributed by atoms with van der Waals surface area (Å²) in [5.41, 5.74) is 0.216. The van der Waals surface area contributed by atoms with Crippen molar-refractivity contribution >= 4 is 6.29 Å². The third-order valence-corrected chi connectivity index (χ3v) is 3.92. The maximum Gasteiger partial charge on any atom is 0.174 e. The second-order valence-electron chi connectivity index (χ2n) is 5.52. The third kappa shape index (κ3) is 3.21. The highest BCUT2D eigenvalue weighted by Gasteiger charge is 2.34. The maximum absolute atomic E-state index is 11.7. The lowest BCUT2D eigenvalue weighted by molar-refractivity contribution is -0.121. The van der Waals surface area contributed by atoms with Gasteiger partial charge in [-0.25, -0.2) is 0 Å². The van der Waals surface area contributed by atoms with Gasteiger partial charge in [0.15, 0.2) is 11.9 Å². The Morgan fingerprint density at radius 2 is 1.42 bits per heavy atom. The van der Waals surface area contributed by atoms with E-state index in [0.717, 1.165) is 5.56 Å². The van der Waals surface area contributed by atoms with Gasteiger partial charge < -0.3 is 9.84 Å². The number of carbonyl (C=O) groups excluding carboxylic acids is 1. The zero-order valence-electron chi connectivity index (χ0n) is 13.1. The van der Waals surface area contributed by atoms with Crippen LogP contribution in [0.5, 0.6) is 5.75 Å². The van der Waals surface area contributed by atoms with E-state index in [0.29, 0.717) is 29.8 Å². The fraction of sp³-hybridized carbons (Fsp3) is 0.0952. The first kappa shape index (κ1) is 16.0. The molecule has 0 fully saturated rings. The molecule has 3 heteroatoms. The molecule has 0 amide bonds. The molecule has 120 valence electrons. The number of hydrogen-bond donors (Lipinski definition) is 1. The van der Waals surface area contributed by atoms with Crippen LogP contribution < -0.4 is 4.74 Å². The number of ether oxygens (including phenoxy) is 1. The van der Waals surface area contributed by atoms with Gasteiger partial charge in [-0.2, -0.15) is 0 Å². The Labute approximate surface area is 141 Å². The van der Waals surface area contributed by atoms with Crippen molar-refractivity contribution < 1.29 is 14.6 Å². The average molecular weight is 318 g/mol. The summed E-state index contributed by atoms with van der Waals surface area (Å²) in [4.78, 5) is 11.7. The molecule has 3 aromatic carbocycles. The van der Waals surface area contributed by atoms with Gasteiger partial charge in [0.25, 0.3) is 0 Å². The Bertz CT molecular complexity index is 800. The predicted octanol–water partition coefficient (Wildman–Crippen LogP) is 3.70. The van der Waals surface area contributed by atoms with Crippen molar-refractivity contribution in [2.45, 2.75) is 12.2 Å². The zero-order valence-corrected chi connectivity index (χ0v) is 13.1. The maximum atomic E-state index is 11.7. The van der Waals surface area contributed by atoms with Crippen molar-refractivity contribution in [2.24, 2.45) is 0 Å². The van der Waals surface area contributed by atoms with Gasteiger partial charge in [0.1, 0.15) is 12.4 Å². The smallest absolute Gasteiger partial charge is 0.174 e. The summed E-state index contributed by atoms with van der Waals surface area (Å²) in [5, 5.41) is 11.0. The molecule has 1 atom stereocenters. The first-order valence-electron chi connectivity index (χ1n) is 7.74. The third-order valence-electron chi connectivity index (χ3n) is 3.92. The number of aliphatic hydroxyl groups is 1. The molecule has 0 spiro atoms. The van der Waals surface area contributed by atoms with E-state index in [4.69, 9.17) is 4.74 Å². The number of para-hydroxylation sites is 1. The number of aldehydes is 1. The molecule has 3 nitrogen and oxygen atoms in total. The first-order valence-corrected chi connectivity index (χ1v) is 7.74. The van der Waals surface area contributed by atoms with E-state index >= 15 is 0 Å². The molecule has 0 heterocycles. The summed E-state index contributed by atoms with van der Waals surface area (Å²) in [7, 11) is 0.